The normalized spacial score (nSPS) is 16.5. The summed E-state index contributed by atoms with van der Waals surface area (Å²) in [6.07, 6.45) is 3.87. The number of aromatic nitrogens is 1. The van der Waals surface area contributed by atoms with Gasteiger partial charge in [0.15, 0.2) is 5.82 Å². The number of hydrogen-bond acceptors (Lipinski definition) is 5. The van der Waals surface area contributed by atoms with Crippen molar-refractivity contribution in [2.45, 2.75) is 46.5 Å². The van der Waals surface area contributed by atoms with Gasteiger partial charge in [0.05, 0.1) is 12.8 Å². The Morgan fingerprint density at radius 3 is 2.41 bits per heavy atom. The molecule has 1 aromatic heterocycles. The van der Waals surface area contributed by atoms with E-state index in [-0.39, 0.29) is 11.8 Å². The molecule has 2 aliphatic heterocycles. The molecule has 0 radical (unpaired) electrons. The molecule has 0 spiro atoms. The van der Waals surface area contributed by atoms with Crippen LogP contribution in [0.4, 0.5) is 11.5 Å². The van der Waals surface area contributed by atoms with Crippen LogP contribution in [0.3, 0.4) is 0 Å². The number of nitrogens with zero attached hydrogens (tertiary/aromatic N) is 4. The number of amides is 2. The summed E-state index contributed by atoms with van der Waals surface area (Å²) in [4.78, 5) is 36.3. The number of fused-ring (bicyclic) bond motifs is 1. The second-order valence-corrected chi connectivity index (χ2v) is 9.29. The summed E-state index contributed by atoms with van der Waals surface area (Å²) >= 11 is 0. The van der Waals surface area contributed by atoms with Crippen molar-refractivity contribution in [3.63, 3.8) is 0 Å². The van der Waals surface area contributed by atoms with Crippen molar-refractivity contribution in [3.8, 4) is 5.75 Å². The SMILES string of the molecule is COc1cc(C(=O)N2CCCCC2)ccc1Cc1cc(C)c2c(n1)N(C)C(C)=C(C)C(=O)N2C. The van der Waals surface area contributed by atoms with Gasteiger partial charge in [-0.05, 0) is 63.8 Å². The van der Waals surface area contributed by atoms with Crippen LogP contribution < -0.4 is 14.5 Å². The molecule has 1 fully saturated rings. The van der Waals surface area contributed by atoms with Crippen LogP contribution in [0, 0.1) is 6.92 Å². The minimum absolute atomic E-state index is 0.0172. The monoisotopic (exact) mass is 462 g/mol. The summed E-state index contributed by atoms with van der Waals surface area (Å²) in [6, 6.07) is 7.73. The lowest BCUT2D eigenvalue weighted by Crippen LogP contribution is -2.35. The van der Waals surface area contributed by atoms with Crippen molar-refractivity contribution in [2.75, 3.05) is 44.1 Å². The molecule has 2 amide bonds. The van der Waals surface area contributed by atoms with Gasteiger partial charge in [0.25, 0.3) is 11.8 Å². The number of allylic oxidation sites excluding steroid dienone is 1. The lowest BCUT2D eigenvalue weighted by molar-refractivity contribution is -0.114. The highest BCUT2D eigenvalue weighted by Gasteiger charge is 2.28. The highest BCUT2D eigenvalue weighted by Crippen LogP contribution is 2.37. The molecule has 34 heavy (non-hydrogen) atoms. The molecule has 2 aromatic rings. The third kappa shape index (κ3) is 4.27. The molecule has 1 aromatic carbocycles. The third-order valence-corrected chi connectivity index (χ3v) is 7.09. The van der Waals surface area contributed by atoms with Gasteiger partial charge < -0.3 is 19.4 Å². The van der Waals surface area contributed by atoms with Gasteiger partial charge in [0, 0.05) is 61.7 Å². The smallest absolute Gasteiger partial charge is 0.255 e. The van der Waals surface area contributed by atoms with Gasteiger partial charge in [-0.15, -0.1) is 0 Å². The van der Waals surface area contributed by atoms with E-state index in [4.69, 9.17) is 9.72 Å². The first-order chi connectivity index (χ1) is 16.2. The Morgan fingerprint density at radius 1 is 1.03 bits per heavy atom. The molecule has 4 rings (SSSR count). The molecule has 0 N–H and O–H groups in total. The fourth-order valence-corrected chi connectivity index (χ4v) is 4.87. The summed E-state index contributed by atoms with van der Waals surface area (Å²) in [5.41, 5.74) is 5.91. The zero-order chi connectivity index (χ0) is 24.6. The molecule has 7 nitrogen and oxygen atoms in total. The Bertz CT molecular complexity index is 1160. The Morgan fingerprint density at radius 2 is 1.74 bits per heavy atom. The van der Waals surface area contributed by atoms with E-state index in [1.807, 2.05) is 61.9 Å². The molecule has 1 saturated heterocycles. The first-order valence-corrected chi connectivity index (χ1v) is 11.9. The summed E-state index contributed by atoms with van der Waals surface area (Å²) in [5.74, 6) is 1.49. The highest BCUT2D eigenvalue weighted by atomic mass is 16.5. The van der Waals surface area contributed by atoms with E-state index in [1.165, 1.54) is 6.42 Å². The number of piperidine rings is 1. The van der Waals surface area contributed by atoms with Gasteiger partial charge in [-0.3, -0.25) is 9.59 Å². The van der Waals surface area contributed by atoms with Gasteiger partial charge in [0.2, 0.25) is 0 Å². The molecule has 7 heteroatoms. The molecule has 180 valence electrons. The molecule has 0 aliphatic carbocycles. The van der Waals surface area contributed by atoms with Crippen LogP contribution in [0.25, 0.3) is 0 Å². The topological polar surface area (TPSA) is 66.0 Å². The Kier molecular flexibility index (Phi) is 6.64. The molecule has 0 saturated carbocycles. The standard InChI is InChI=1S/C27H34N4O3/c1-17-14-22(28-25-24(17)30(5)26(32)18(2)19(3)29(25)4)15-20-10-11-21(16-23(20)34-6)27(33)31-12-8-7-9-13-31/h10-11,14,16H,7-9,12-13,15H2,1-6H3. The number of likely N-dealkylation sites (tertiary alicyclic amines) is 1. The lowest BCUT2D eigenvalue weighted by atomic mass is 10.0. The molecule has 0 atom stereocenters. The Labute approximate surface area is 202 Å². The first-order valence-electron chi connectivity index (χ1n) is 11.9. The Hall–Kier alpha value is -3.35. The van der Waals surface area contributed by atoms with E-state index in [2.05, 4.69) is 0 Å². The van der Waals surface area contributed by atoms with E-state index in [9.17, 15) is 9.59 Å². The van der Waals surface area contributed by atoms with Crippen LogP contribution in [0.15, 0.2) is 35.5 Å². The van der Waals surface area contributed by atoms with Crippen LogP contribution in [0.2, 0.25) is 0 Å². The van der Waals surface area contributed by atoms with Crippen molar-refractivity contribution >= 4 is 23.3 Å². The first kappa shape index (κ1) is 23.8. The molecular formula is C27H34N4O3. The van der Waals surface area contributed by atoms with E-state index in [0.29, 0.717) is 23.3 Å². The Balaban J connectivity index is 1.66. The number of ether oxygens (including phenoxy) is 1. The molecular weight excluding hydrogens is 428 g/mol. The number of benzene rings is 1. The average molecular weight is 463 g/mol. The summed E-state index contributed by atoms with van der Waals surface area (Å²) < 4.78 is 5.67. The minimum atomic E-state index is -0.0172. The molecule has 0 unspecified atom stereocenters. The van der Waals surface area contributed by atoms with Gasteiger partial charge in [0.1, 0.15) is 5.75 Å². The molecule has 3 heterocycles. The lowest BCUT2D eigenvalue weighted by Gasteiger charge is -2.27. The molecule has 2 aliphatic rings. The van der Waals surface area contributed by atoms with Crippen molar-refractivity contribution in [3.05, 3.63) is 57.9 Å². The maximum absolute atomic E-state index is 12.9. The largest absolute Gasteiger partial charge is 0.496 e. The highest BCUT2D eigenvalue weighted by molar-refractivity contribution is 6.09. The van der Waals surface area contributed by atoms with Crippen molar-refractivity contribution < 1.29 is 14.3 Å². The second-order valence-electron chi connectivity index (χ2n) is 9.29. The fraction of sp³-hybridized carbons (Fsp3) is 0.444. The summed E-state index contributed by atoms with van der Waals surface area (Å²) in [7, 11) is 5.38. The predicted octanol–water partition coefficient (Wildman–Crippen LogP) is 4.32. The van der Waals surface area contributed by atoms with Gasteiger partial charge in [-0.1, -0.05) is 6.07 Å². The van der Waals surface area contributed by atoms with E-state index in [1.54, 1.807) is 19.1 Å². The number of carbonyl (C=O) groups excluding carboxylic acids is 2. The maximum atomic E-state index is 12.9. The van der Waals surface area contributed by atoms with Crippen molar-refractivity contribution in [2.24, 2.45) is 0 Å². The van der Waals surface area contributed by atoms with Gasteiger partial charge in [-0.25, -0.2) is 4.98 Å². The maximum Gasteiger partial charge on any atom is 0.255 e. The van der Waals surface area contributed by atoms with E-state index in [0.717, 1.165) is 60.0 Å². The summed E-state index contributed by atoms with van der Waals surface area (Å²) in [5, 5.41) is 0. The third-order valence-electron chi connectivity index (χ3n) is 7.09. The van der Waals surface area contributed by atoms with Gasteiger partial charge >= 0.3 is 0 Å². The van der Waals surface area contributed by atoms with Crippen LogP contribution >= 0.6 is 0 Å². The number of hydrogen-bond donors (Lipinski definition) is 0. The average Bonchev–Trinajstić information content (AvgIpc) is 2.91. The number of aryl methyl sites for hydroxylation is 1. The minimum Gasteiger partial charge on any atom is -0.496 e. The van der Waals surface area contributed by atoms with Crippen LogP contribution in [-0.2, 0) is 11.2 Å². The van der Waals surface area contributed by atoms with Gasteiger partial charge in [-0.2, -0.15) is 0 Å². The number of pyridine rings is 1. The van der Waals surface area contributed by atoms with Crippen molar-refractivity contribution in [1.82, 2.24) is 9.88 Å². The summed E-state index contributed by atoms with van der Waals surface area (Å²) in [6.45, 7) is 7.44. The zero-order valence-electron chi connectivity index (χ0n) is 21.1. The number of anilines is 2. The number of rotatable bonds is 4. The van der Waals surface area contributed by atoms with Crippen molar-refractivity contribution in [1.29, 1.82) is 0 Å². The second kappa shape index (κ2) is 9.49. The quantitative estimate of drug-likeness (QED) is 0.677. The fourth-order valence-electron chi connectivity index (χ4n) is 4.87. The van der Waals surface area contributed by atoms with E-state index >= 15 is 0 Å². The number of carbonyl (C=O) groups is 2. The zero-order valence-corrected chi connectivity index (χ0v) is 21.1. The molecule has 0 bridgehead atoms. The van der Waals surface area contributed by atoms with Crippen LogP contribution in [0.1, 0.15) is 60.3 Å². The number of likely N-dealkylation sites (N-methyl/N-ethyl adjacent to an activating group) is 1. The van der Waals surface area contributed by atoms with E-state index < -0.39 is 0 Å². The van der Waals surface area contributed by atoms with Crippen LogP contribution in [-0.4, -0.2) is 56.0 Å². The van der Waals surface area contributed by atoms with Crippen LogP contribution in [0.5, 0.6) is 5.75 Å². The predicted molar refractivity (Wildman–Crippen MR) is 135 cm³/mol. The number of methoxy groups -OCH3 is 1.